The number of halogens is 3. The molecule has 1 N–H and O–H groups in total. The van der Waals surface area contributed by atoms with Gasteiger partial charge in [-0.05, 0) is 37.0 Å². The van der Waals surface area contributed by atoms with Crippen LogP contribution in [0.1, 0.15) is 41.6 Å². The molecule has 0 aromatic heterocycles. The second-order valence-electron chi connectivity index (χ2n) is 5.98. The van der Waals surface area contributed by atoms with E-state index in [1.807, 2.05) is 0 Å². The average molecular weight is 343 g/mol. The zero-order valence-electron chi connectivity index (χ0n) is 13.4. The van der Waals surface area contributed by atoms with Gasteiger partial charge in [0, 0.05) is 6.54 Å². The molecule has 1 amide bonds. The number of alkyl halides is 3. The second kappa shape index (κ2) is 7.23. The molecule has 0 unspecified atom stereocenters. The second-order valence-corrected chi connectivity index (χ2v) is 5.98. The van der Waals surface area contributed by atoms with E-state index in [0.717, 1.165) is 5.56 Å². The van der Waals surface area contributed by atoms with Crippen LogP contribution in [-0.4, -0.2) is 31.7 Å². The number of hydrogen-bond donors (Lipinski definition) is 1. The minimum Gasteiger partial charge on any atom is -0.465 e. The molecule has 0 atom stereocenters. The summed E-state index contributed by atoms with van der Waals surface area (Å²) in [4.78, 5) is 23.4. The van der Waals surface area contributed by atoms with Crippen molar-refractivity contribution in [2.24, 2.45) is 5.41 Å². The fourth-order valence-electron chi connectivity index (χ4n) is 3.03. The van der Waals surface area contributed by atoms with E-state index in [9.17, 15) is 22.8 Å². The van der Waals surface area contributed by atoms with Crippen molar-refractivity contribution >= 4 is 11.9 Å². The zero-order valence-corrected chi connectivity index (χ0v) is 13.4. The van der Waals surface area contributed by atoms with Crippen LogP contribution in [0.5, 0.6) is 0 Å². The Kier molecular flexibility index (Phi) is 5.51. The van der Waals surface area contributed by atoms with Gasteiger partial charge in [0.2, 0.25) is 5.91 Å². The van der Waals surface area contributed by atoms with Crippen molar-refractivity contribution in [3.8, 4) is 0 Å². The van der Waals surface area contributed by atoms with Gasteiger partial charge >= 0.3 is 12.1 Å². The van der Waals surface area contributed by atoms with Gasteiger partial charge in [-0.1, -0.05) is 25.0 Å². The molecular weight excluding hydrogens is 323 g/mol. The van der Waals surface area contributed by atoms with Gasteiger partial charge in [-0.25, -0.2) is 4.79 Å². The van der Waals surface area contributed by atoms with E-state index in [-0.39, 0.29) is 19.4 Å². The Bertz CT molecular complexity index is 590. The van der Waals surface area contributed by atoms with Crippen LogP contribution >= 0.6 is 0 Å². The first kappa shape index (κ1) is 18.3. The molecule has 0 spiro atoms. The maximum Gasteiger partial charge on any atom is 0.403 e. The van der Waals surface area contributed by atoms with Crippen molar-refractivity contribution < 1.29 is 27.5 Å². The molecule has 0 aliphatic heterocycles. The van der Waals surface area contributed by atoms with Crippen molar-refractivity contribution in [3.05, 3.63) is 35.4 Å². The Hall–Kier alpha value is -2.05. The first-order chi connectivity index (χ1) is 11.3. The Morgan fingerprint density at radius 3 is 2.25 bits per heavy atom. The van der Waals surface area contributed by atoms with Crippen LogP contribution in [0.25, 0.3) is 0 Å². The Labute approximate surface area is 138 Å². The summed E-state index contributed by atoms with van der Waals surface area (Å²) in [5.74, 6) is -1.39. The Morgan fingerprint density at radius 1 is 1.17 bits per heavy atom. The highest BCUT2D eigenvalue weighted by Gasteiger charge is 2.60. The lowest BCUT2D eigenvalue weighted by atomic mass is 9.84. The van der Waals surface area contributed by atoms with Gasteiger partial charge in [0.15, 0.2) is 0 Å². The van der Waals surface area contributed by atoms with Crippen molar-refractivity contribution in [1.29, 1.82) is 0 Å². The molecule has 1 saturated carbocycles. The molecule has 24 heavy (non-hydrogen) atoms. The quantitative estimate of drug-likeness (QED) is 0.835. The highest BCUT2D eigenvalue weighted by atomic mass is 19.4. The third-order valence-electron chi connectivity index (χ3n) is 4.51. The number of benzene rings is 1. The van der Waals surface area contributed by atoms with E-state index >= 15 is 0 Å². The van der Waals surface area contributed by atoms with Crippen LogP contribution in [0.2, 0.25) is 0 Å². The molecule has 2 rings (SSSR count). The largest absolute Gasteiger partial charge is 0.465 e. The van der Waals surface area contributed by atoms with Crippen LogP contribution < -0.4 is 5.32 Å². The molecule has 1 aromatic carbocycles. The number of carbonyl (C=O) groups excluding carboxylic acids is 2. The van der Waals surface area contributed by atoms with Gasteiger partial charge in [-0.3, -0.25) is 4.79 Å². The van der Waals surface area contributed by atoms with Crippen molar-refractivity contribution in [2.45, 2.75) is 38.3 Å². The number of ether oxygens (including phenoxy) is 1. The molecule has 1 aromatic rings. The van der Waals surface area contributed by atoms with Gasteiger partial charge in [0.25, 0.3) is 0 Å². The summed E-state index contributed by atoms with van der Waals surface area (Å²) in [6, 6.07) is 6.54. The summed E-state index contributed by atoms with van der Waals surface area (Å²) >= 11 is 0. The predicted molar refractivity (Wildman–Crippen MR) is 81.5 cm³/mol. The van der Waals surface area contributed by atoms with Crippen LogP contribution in [-0.2, 0) is 16.0 Å². The number of esters is 1. The minimum atomic E-state index is -4.52. The van der Waals surface area contributed by atoms with Gasteiger partial charge in [0.1, 0.15) is 5.41 Å². The normalized spacial score (nSPS) is 16.7. The summed E-state index contributed by atoms with van der Waals surface area (Å²) in [6.45, 7) is 0.119. The summed E-state index contributed by atoms with van der Waals surface area (Å²) < 4.78 is 44.4. The van der Waals surface area contributed by atoms with E-state index in [1.165, 1.54) is 7.11 Å². The van der Waals surface area contributed by atoms with Gasteiger partial charge in [0.05, 0.1) is 12.7 Å². The third kappa shape index (κ3) is 3.71. The number of rotatable bonds is 5. The number of hydrogen-bond acceptors (Lipinski definition) is 3. The lowest BCUT2D eigenvalue weighted by Gasteiger charge is -2.30. The topological polar surface area (TPSA) is 55.4 Å². The smallest absolute Gasteiger partial charge is 0.403 e. The molecule has 0 bridgehead atoms. The van der Waals surface area contributed by atoms with Crippen molar-refractivity contribution in [2.75, 3.05) is 13.7 Å². The van der Waals surface area contributed by atoms with E-state index in [1.54, 1.807) is 24.3 Å². The zero-order chi connectivity index (χ0) is 17.8. The standard InChI is InChI=1S/C17H20F3NO3/c1-24-14(22)13-6-4-12(5-7-13)8-11-21-15(23)16(17(18,19)20)9-2-3-10-16/h4-7H,2-3,8-11H2,1H3,(H,21,23). The highest BCUT2D eigenvalue weighted by molar-refractivity contribution is 5.89. The highest BCUT2D eigenvalue weighted by Crippen LogP contribution is 2.50. The van der Waals surface area contributed by atoms with Crippen molar-refractivity contribution in [3.63, 3.8) is 0 Å². The average Bonchev–Trinajstić information content (AvgIpc) is 3.05. The summed E-state index contributed by atoms with van der Waals surface area (Å²) in [6.07, 6.45) is -3.58. The maximum absolute atomic E-state index is 13.3. The molecule has 1 aliphatic carbocycles. The monoisotopic (exact) mass is 343 g/mol. The van der Waals surface area contributed by atoms with E-state index in [4.69, 9.17) is 0 Å². The number of amides is 1. The van der Waals surface area contributed by atoms with Crippen LogP contribution in [0, 0.1) is 5.41 Å². The van der Waals surface area contributed by atoms with Gasteiger partial charge in [-0.2, -0.15) is 13.2 Å². The molecule has 1 fully saturated rings. The van der Waals surface area contributed by atoms with E-state index < -0.39 is 23.5 Å². The first-order valence-corrected chi connectivity index (χ1v) is 7.82. The Balaban J connectivity index is 1.91. The summed E-state index contributed by atoms with van der Waals surface area (Å²) in [7, 11) is 1.28. The molecule has 1 aliphatic rings. The van der Waals surface area contributed by atoms with E-state index in [2.05, 4.69) is 10.1 Å². The SMILES string of the molecule is COC(=O)c1ccc(CCNC(=O)C2(C(F)(F)F)CCCC2)cc1. The predicted octanol–water partition coefficient (Wildman–Crippen LogP) is 3.25. The fourth-order valence-corrected chi connectivity index (χ4v) is 3.03. The van der Waals surface area contributed by atoms with E-state index in [0.29, 0.717) is 24.8 Å². The molecule has 7 heteroatoms. The molecule has 4 nitrogen and oxygen atoms in total. The Morgan fingerprint density at radius 2 is 1.75 bits per heavy atom. The van der Waals surface area contributed by atoms with Gasteiger partial charge < -0.3 is 10.1 Å². The molecular formula is C17H20F3NO3. The summed E-state index contributed by atoms with van der Waals surface area (Å²) in [5.41, 5.74) is -1.02. The van der Waals surface area contributed by atoms with Gasteiger partial charge in [-0.15, -0.1) is 0 Å². The van der Waals surface area contributed by atoms with Crippen LogP contribution in [0.15, 0.2) is 24.3 Å². The molecule has 132 valence electrons. The maximum atomic E-state index is 13.3. The lowest BCUT2D eigenvalue weighted by molar-refractivity contribution is -0.220. The first-order valence-electron chi connectivity index (χ1n) is 7.82. The number of methoxy groups -OCH3 is 1. The minimum absolute atomic E-state index is 0.119. The molecule has 0 saturated heterocycles. The summed E-state index contributed by atoms with van der Waals surface area (Å²) in [5, 5.41) is 2.42. The molecule has 0 heterocycles. The third-order valence-corrected chi connectivity index (χ3v) is 4.51. The lowest BCUT2D eigenvalue weighted by Crippen LogP contribution is -2.49. The van der Waals surface area contributed by atoms with Crippen LogP contribution in [0.4, 0.5) is 13.2 Å². The number of carbonyl (C=O) groups is 2. The number of nitrogens with one attached hydrogen (secondary N) is 1. The molecule has 0 radical (unpaired) electrons. The van der Waals surface area contributed by atoms with Crippen LogP contribution in [0.3, 0.4) is 0 Å². The fraction of sp³-hybridized carbons (Fsp3) is 0.529. The van der Waals surface area contributed by atoms with Crippen molar-refractivity contribution in [1.82, 2.24) is 5.32 Å².